The van der Waals surface area contributed by atoms with Crippen LogP contribution in [0.3, 0.4) is 0 Å². The van der Waals surface area contributed by atoms with Gasteiger partial charge in [0.1, 0.15) is 0 Å². The van der Waals surface area contributed by atoms with Crippen LogP contribution < -0.4 is 0 Å². The summed E-state index contributed by atoms with van der Waals surface area (Å²) in [5.74, 6) is 2.05. The molecule has 0 aromatic rings. The maximum atomic E-state index is 4.87. The van der Waals surface area contributed by atoms with Gasteiger partial charge in [-0.05, 0) is 109 Å². The van der Waals surface area contributed by atoms with E-state index >= 15 is 0 Å². The van der Waals surface area contributed by atoms with Gasteiger partial charge in [0, 0.05) is 0 Å². The SMILES string of the molecule is C=CC12CCC3C(C(=C)C=C4C3(C)CCC3C(C)(C)C=C(C)CC43C)C1(C)CC(C)(C)CC2.CC. The monoisotopic (exact) mass is 476 g/mol. The van der Waals surface area contributed by atoms with Crippen LogP contribution in [0.5, 0.6) is 0 Å². The van der Waals surface area contributed by atoms with Gasteiger partial charge in [-0.25, -0.2) is 0 Å². The summed E-state index contributed by atoms with van der Waals surface area (Å²) in [6.45, 7) is 33.6. The van der Waals surface area contributed by atoms with Gasteiger partial charge < -0.3 is 0 Å². The first-order chi connectivity index (χ1) is 16.1. The highest BCUT2D eigenvalue weighted by atomic mass is 14.7. The molecule has 5 aliphatic rings. The van der Waals surface area contributed by atoms with Crippen molar-refractivity contribution in [1.82, 2.24) is 0 Å². The van der Waals surface area contributed by atoms with Gasteiger partial charge >= 0.3 is 0 Å². The zero-order valence-electron chi connectivity index (χ0n) is 25.0. The summed E-state index contributed by atoms with van der Waals surface area (Å²) >= 11 is 0. The van der Waals surface area contributed by atoms with E-state index in [0.717, 1.165) is 11.8 Å². The largest absolute Gasteiger partial charge is 0.103 e. The smallest absolute Gasteiger partial charge is 0.00343 e. The van der Waals surface area contributed by atoms with Crippen LogP contribution in [-0.4, -0.2) is 0 Å². The Bertz CT molecular complexity index is 955. The highest BCUT2D eigenvalue weighted by Crippen LogP contribution is 2.75. The summed E-state index contributed by atoms with van der Waals surface area (Å²) in [6.07, 6.45) is 18.2. The summed E-state index contributed by atoms with van der Waals surface area (Å²) in [7, 11) is 0. The van der Waals surface area contributed by atoms with Crippen LogP contribution in [0.15, 0.2) is 48.1 Å². The Hall–Kier alpha value is -1.04. The van der Waals surface area contributed by atoms with Gasteiger partial charge in [0.15, 0.2) is 0 Å². The molecule has 3 fully saturated rings. The highest BCUT2D eigenvalue weighted by molar-refractivity contribution is 5.44. The minimum Gasteiger partial charge on any atom is -0.103 e. The van der Waals surface area contributed by atoms with Crippen molar-refractivity contribution in [3.05, 3.63) is 48.1 Å². The highest BCUT2D eigenvalue weighted by Gasteiger charge is 2.66. The summed E-state index contributed by atoms with van der Waals surface area (Å²) in [4.78, 5) is 0. The third-order valence-electron chi connectivity index (χ3n) is 12.3. The molecule has 0 N–H and O–H groups in total. The molecule has 196 valence electrons. The average molecular weight is 477 g/mol. The van der Waals surface area contributed by atoms with Gasteiger partial charge in [-0.3, -0.25) is 0 Å². The molecule has 0 aromatic heterocycles. The molecule has 0 saturated heterocycles. The molecule has 0 spiro atoms. The van der Waals surface area contributed by atoms with Gasteiger partial charge in [0.25, 0.3) is 0 Å². The number of hydrogen-bond donors (Lipinski definition) is 0. The summed E-state index contributed by atoms with van der Waals surface area (Å²) in [5.41, 5.74) is 6.61. The van der Waals surface area contributed by atoms with E-state index in [4.69, 9.17) is 6.58 Å². The van der Waals surface area contributed by atoms with E-state index in [1.165, 1.54) is 56.9 Å². The lowest BCUT2D eigenvalue weighted by Crippen LogP contribution is -2.61. The Balaban J connectivity index is 0.00000141. The molecule has 0 bridgehead atoms. The van der Waals surface area contributed by atoms with E-state index in [-0.39, 0.29) is 21.7 Å². The van der Waals surface area contributed by atoms with Crippen LogP contribution in [0.4, 0.5) is 0 Å². The molecule has 3 saturated carbocycles. The van der Waals surface area contributed by atoms with Crippen molar-refractivity contribution < 1.29 is 0 Å². The van der Waals surface area contributed by atoms with Crippen molar-refractivity contribution >= 4 is 0 Å². The normalized spacial score (nSPS) is 47.4. The second-order valence-electron chi connectivity index (χ2n) is 15.3. The van der Waals surface area contributed by atoms with E-state index in [2.05, 4.69) is 80.2 Å². The fourth-order valence-corrected chi connectivity index (χ4v) is 11.3. The van der Waals surface area contributed by atoms with Crippen LogP contribution in [0.2, 0.25) is 0 Å². The summed E-state index contributed by atoms with van der Waals surface area (Å²) in [6, 6.07) is 0. The van der Waals surface area contributed by atoms with E-state index in [1.807, 2.05) is 13.8 Å². The van der Waals surface area contributed by atoms with E-state index < -0.39 is 0 Å². The van der Waals surface area contributed by atoms with Crippen molar-refractivity contribution in [2.45, 2.75) is 121 Å². The maximum Gasteiger partial charge on any atom is -0.00343 e. The Kier molecular flexibility index (Phi) is 6.35. The zero-order valence-corrected chi connectivity index (χ0v) is 25.0. The summed E-state index contributed by atoms with van der Waals surface area (Å²) < 4.78 is 0. The quantitative estimate of drug-likeness (QED) is 0.330. The predicted molar refractivity (Wildman–Crippen MR) is 154 cm³/mol. The molecule has 0 radical (unpaired) electrons. The first kappa shape index (κ1) is 27.0. The second kappa shape index (κ2) is 8.23. The standard InChI is InChI=1S/C33H50.C2H6/c1-11-33-15-12-24-27(32(33,10)21-28(4,5)16-17-33)23(3)18-26-30(24,8)14-13-25-29(6,7)19-22(2)20-31(25,26)9;1-2/h11,18-19,24-25,27H,1,3,12-17,20-21H2,2,4-10H3;1-2H3. The molecule has 0 amide bonds. The van der Waals surface area contributed by atoms with Crippen LogP contribution >= 0.6 is 0 Å². The Labute approximate surface area is 218 Å². The zero-order chi connectivity index (χ0) is 26.2. The minimum atomic E-state index is 0.265. The second-order valence-corrected chi connectivity index (χ2v) is 15.3. The first-order valence-corrected chi connectivity index (χ1v) is 14.9. The molecule has 5 rings (SSSR count). The molecule has 5 aliphatic carbocycles. The Morgan fingerprint density at radius 2 is 1.54 bits per heavy atom. The topological polar surface area (TPSA) is 0 Å². The van der Waals surface area contributed by atoms with E-state index in [0.29, 0.717) is 16.7 Å². The van der Waals surface area contributed by atoms with Crippen LogP contribution in [0, 0.1) is 50.2 Å². The van der Waals surface area contributed by atoms with Crippen LogP contribution in [-0.2, 0) is 0 Å². The molecule has 0 nitrogen and oxygen atoms in total. The van der Waals surface area contributed by atoms with Gasteiger partial charge in [0.05, 0.1) is 0 Å². The number of fused-ring (bicyclic) bond motifs is 7. The van der Waals surface area contributed by atoms with Crippen LogP contribution in [0.25, 0.3) is 0 Å². The fraction of sp³-hybridized carbons (Fsp3) is 0.771. The average Bonchev–Trinajstić information content (AvgIpc) is 2.74. The molecule has 0 heterocycles. The Morgan fingerprint density at radius 1 is 0.886 bits per heavy atom. The van der Waals surface area contributed by atoms with Gasteiger partial charge in [-0.1, -0.05) is 104 Å². The fourth-order valence-electron chi connectivity index (χ4n) is 11.3. The van der Waals surface area contributed by atoms with Crippen LogP contribution in [0.1, 0.15) is 121 Å². The van der Waals surface area contributed by atoms with Crippen molar-refractivity contribution in [3.63, 3.8) is 0 Å². The van der Waals surface area contributed by atoms with Gasteiger partial charge in [-0.15, -0.1) is 6.58 Å². The minimum absolute atomic E-state index is 0.265. The maximum absolute atomic E-state index is 4.87. The molecule has 7 unspecified atom stereocenters. The number of allylic oxidation sites excluding steroid dienone is 6. The third kappa shape index (κ3) is 3.58. The molecule has 0 aromatic carbocycles. The van der Waals surface area contributed by atoms with E-state index in [1.54, 1.807) is 11.1 Å². The molecule has 0 aliphatic heterocycles. The van der Waals surface area contributed by atoms with Gasteiger partial charge in [-0.2, -0.15) is 0 Å². The van der Waals surface area contributed by atoms with Crippen molar-refractivity contribution in [3.8, 4) is 0 Å². The summed E-state index contributed by atoms with van der Waals surface area (Å²) in [5, 5.41) is 0. The lowest BCUT2D eigenvalue weighted by Gasteiger charge is -2.69. The molecular formula is C35H56. The third-order valence-corrected chi connectivity index (χ3v) is 12.3. The van der Waals surface area contributed by atoms with Crippen molar-refractivity contribution in [2.24, 2.45) is 50.2 Å². The van der Waals surface area contributed by atoms with Crippen molar-refractivity contribution in [1.29, 1.82) is 0 Å². The van der Waals surface area contributed by atoms with Crippen molar-refractivity contribution in [2.75, 3.05) is 0 Å². The van der Waals surface area contributed by atoms with E-state index in [9.17, 15) is 0 Å². The molecule has 0 heteroatoms. The molecule has 7 atom stereocenters. The molecular weight excluding hydrogens is 420 g/mol. The molecule has 35 heavy (non-hydrogen) atoms. The number of hydrogen-bond acceptors (Lipinski definition) is 0. The predicted octanol–water partition coefficient (Wildman–Crippen LogP) is 10.7. The van der Waals surface area contributed by atoms with Gasteiger partial charge in [0.2, 0.25) is 0 Å². The number of rotatable bonds is 1. The first-order valence-electron chi connectivity index (χ1n) is 14.9. The lowest BCUT2D eigenvalue weighted by atomic mass is 9.34. The Morgan fingerprint density at radius 3 is 2.17 bits per heavy atom. The lowest BCUT2D eigenvalue weighted by molar-refractivity contribution is -0.136.